The molecule has 0 bridgehead atoms. The highest BCUT2D eigenvalue weighted by molar-refractivity contribution is 5.15. The lowest BCUT2D eigenvalue weighted by Crippen LogP contribution is -2.19. The topological polar surface area (TPSA) is 48.3 Å². The standard InChI is InChI=1S/C14H27N3O2/c1-12(2)11-19-8-6-17-13(3)14(10-16-17)9-15-5-7-18-4/h10,12,15H,5-9,11H2,1-4H3. The molecule has 5 heteroatoms. The van der Waals surface area contributed by atoms with E-state index in [1.54, 1.807) is 7.11 Å². The van der Waals surface area contributed by atoms with Crippen molar-refractivity contribution in [3.63, 3.8) is 0 Å². The second-order valence-electron chi connectivity index (χ2n) is 5.12. The summed E-state index contributed by atoms with van der Waals surface area (Å²) in [7, 11) is 1.71. The van der Waals surface area contributed by atoms with Gasteiger partial charge in [-0.25, -0.2) is 0 Å². The number of hydrogen-bond donors (Lipinski definition) is 1. The van der Waals surface area contributed by atoms with Gasteiger partial charge in [-0.3, -0.25) is 4.68 Å². The van der Waals surface area contributed by atoms with Crippen LogP contribution >= 0.6 is 0 Å². The predicted molar refractivity (Wildman–Crippen MR) is 76.2 cm³/mol. The molecule has 1 heterocycles. The molecule has 1 aromatic rings. The molecule has 5 nitrogen and oxygen atoms in total. The van der Waals surface area contributed by atoms with Crippen molar-refractivity contribution < 1.29 is 9.47 Å². The van der Waals surface area contributed by atoms with Gasteiger partial charge in [0.25, 0.3) is 0 Å². The Bertz CT molecular complexity index is 350. The zero-order valence-electron chi connectivity index (χ0n) is 12.6. The number of hydrogen-bond acceptors (Lipinski definition) is 4. The average Bonchev–Trinajstić information content (AvgIpc) is 2.72. The normalized spacial score (nSPS) is 11.4. The predicted octanol–water partition coefficient (Wildman–Crippen LogP) is 1.60. The molecule has 1 rings (SSSR count). The third-order valence-corrected chi connectivity index (χ3v) is 2.90. The Hall–Kier alpha value is -0.910. The molecule has 0 atom stereocenters. The van der Waals surface area contributed by atoms with Crippen molar-refractivity contribution in [1.82, 2.24) is 15.1 Å². The lowest BCUT2D eigenvalue weighted by atomic mass is 10.2. The first-order valence-corrected chi connectivity index (χ1v) is 6.93. The van der Waals surface area contributed by atoms with Crippen LogP contribution in [0.3, 0.4) is 0 Å². The second-order valence-corrected chi connectivity index (χ2v) is 5.12. The molecule has 1 N–H and O–H groups in total. The number of methoxy groups -OCH3 is 1. The maximum Gasteiger partial charge on any atom is 0.0662 e. The number of nitrogens with zero attached hydrogens (tertiary/aromatic N) is 2. The second kappa shape index (κ2) is 9.07. The fourth-order valence-corrected chi connectivity index (χ4v) is 1.75. The van der Waals surface area contributed by atoms with Gasteiger partial charge in [0.2, 0.25) is 0 Å². The maximum absolute atomic E-state index is 5.58. The van der Waals surface area contributed by atoms with Gasteiger partial charge in [0, 0.05) is 38.1 Å². The van der Waals surface area contributed by atoms with Gasteiger partial charge < -0.3 is 14.8 Å². The smallest absolute Gasteiger partial charge is 0.0662 e. The first kappa shape index (κ1) is 16.1. The average molecular weight is 269 g/mol. The molecule has 0 aliphatic carbocycles. The number of ether oxygens (including phenoxy) is 2. The van der Waals surface area contributed by atoms with Crippen molar-refractivity contribution in [3.8, 4) is 0 Å². The summed E-state index contributed by atoms with van der Waals surface area (Å²) in [6.45, 7) is 11.2. The molecule has 0 unspecified atom stereocenters. The van der Waals surface area contributed by atoms with Gasteiger partial charge >= 0.3 is 0 Å². The van der Waals surface area contributed by atoms with Crippen molar-refractivity contribution in [2.24, 2.45) is 5.92 Å². The molecule has 1 aromatic heterocycles. The molecule has 0 saturated carbocycles. The highest BCUT2D eigenvalue weighted by atomic mass is 16.5. The zero-order valence-corrected chi connectivity index (χ0v) is 12.6. The molecule has 0 amide bonds. The van der Waals surface area contributed by atoms with Gasteiger partial charge in [0.05, 0.1) is 26.0 Å². The van der Waals surface area contributed by atoms with E-state index in [0.717, 1.165) is 39.5 Å². The highest BCUT2D eigenvalue weighted by Gasteiger charge is 2.05. The van der Waals surface area contributed by atoms with Gasteiger partial charge in [-0.15, -0.1) is 0 Å². The molecular formula is C14H27N3O2. The third kappa shape index (κ3) is 6.18. The Morgan fingerprint density at radius 1 is 1.37 bits per heavy atom. The minimum absolute atomic E-state index is 0.583. The number of nitrogens with one attached hydrogen (secondary N) is 1. The van der Waals surface area contributed by atoms with Crippen LogP contribution in [0.4, 0.5) is 0 Å². The van der Waals surface area contributed by atoms with E-state index in [1.165, 1.54) is 11.3 Å². The van der Waals surface area contributed by atoms with Crippen LogP contribution in [0.2, 0.25) is 0 Å². The van der Waals surface area contributed by atoms with E-state index in [-0.39, 0.29) is 0 Å². The van der Waals surface area contributed by atoms with Crippen molar-refractivity contribution >= 4 is 0 Å². The van der Waals surface area contributed by atoms with Crippen molar-refractivity contribution in [3.05, 3.63) is 17.5 Å². The number of aromatic nitrogens is 2. The minimum Gasteiger partial charge on any atom is -0.383 e. The first-order chi connectivity index (χ1) is 9.15. The largest absolute Gasteiger partial charge is 0.383 e. The van der Waals surface area contributed by atoms with Crippen molar-refractivity contribution in [1.29, 1.82) is 0 Å². The van der Waals surface area contributed by atoms with Gasteiger partial charge in [-0.1, -0.05) is 13.8 Å². The van der Waals surface area contributed by atoms with Crippen molar-refractivity contribution in [2.45, 2.75) is 33.9 Å². The summed E-state index contributed by atoms with van der Waals surface area (Å²) in [5.74, 6) is 0.583. The van der Waals surface area contributed by atoms with Crippen LogP contribution in [0.15, 0.2) is 6.20 Å². The van der Waals surface area contributed by atoms with Crippen LogP contribution in [0.25, 0.3) is 0 Å². The molecule has 0 radical (unpaired) electrons. The van der Waals surface area contributed by atoms with E-state index in [9.17, 15) is 0 Å². The fraction of sp³-hybridized carbons (Fsp3) is 0.786. The van der Waals surface area contributed by atoms with Crippen LogP contribution in [-0.4, -0.2) is 43.3 Å². The monoisotopic (exact) mass is 269 g/mol. The Labute approximate surface area is 116 Å². The number of rotatable bonds is 10. The van der Waals surface area contributed by atoms with Gasteiger partial charge in [-0.05, 0) is 12.8 Å². The van der Waals surface area contributed by atoms with Crippen LogP contribution in [0, 0.1) is 12.8 Å². The van der Waals surface area contributed by atoms with E-state index in [0.29, 0.717) is 5.92 Å². The van der Waals surface area contributed by atoms with Crippen molar-refractivity contribution in [2.75, 3.05) is 33.5 Å². The first-order valence-electron chi connectivity index (χ1n) is 6.93. The maximum atomic E-state index is 5.58. The zero-order chi connectivity index (χ0) is 14.1. The Morgan fingerprint density at radius 3 is 2.84 bits per heavy atom. The van der Waals surface area contributed by atoms with E-state index in [1.807, 2.05) is 10.9 Å². The lowest BCUT2D eigenvalue weighted by molar-refractivity contribution is 0.101. The Kier molecular flexibility index (Phi) is 7.70. The molecule has 0 aromatic carbocycles. The van der Waals surface area contributed by atoms with Crippen LogP contribution < -0.4 is 5.32 Å². The molecule has 0 aliphatic rings. The van der Waals surface area contributed by atoms with Crippen LogP contribution in [0.1, 0.15) is 25.1 Å². The molecular weight excluding hydrogens is 242 g/mol. The summed E-state index contributed by atoms with van der Waals surface area (Å²) in [6.07, 6.45) is 1.93. The minimum atomic E-state index is 0.583. The molecule has 0 spiro atoms. The fourth-order valence-electron chi connectivity index (χ4n) is 1.75. The van der Waals surface area contributed by atoms with Gasteiger partial charge in [0.15, 0.2) is 0 Å². The summed E-state index contributed by atoms with van der Waals surface area (Å²) in [5, 5.41) is 7.73. The molecule has 0 saturated heterocycles. The van der Waals surface area contributed by atoms with Gasteiger partial charge in [-0.2, -0.15) is 5.10 Å². The Morgan fingerprint density at radius 2 is 2.16 bits per heavy atom. The van der Waals surface area contributed by atoms with E-state index >= 15 is 0 Å². The quantitative estimate of drug-likeness (QED) is 0.655. The van der Waals surface area contributed by atoms with Crippen LogP contribution in [-0.2, 0) is 22.6 Å². The molecule has 0 aliphatic heterocycles. The molecule has 19 heavy (non-hydrogen) atoms. The highest BCUT2D eigenvalue weighted by Crippen LogP contribution is 2.06. The Balaban J connectivity index is 2.29. The van der Waals surface area contributed by atoms with Crippen LogP contribution in [0.5, 0.6) is 0 Å². The summed E-state index contributed by atoms with van der Waals surface area (Å²) in [4.78, 5) is 0. The van der Waals surface area contributed by atoms with E-state index in [2.05, 4.69) is 31.2 Å². The van der Waals surface area contributed by atoms with Gasteiger partial charge in [0.1, 0.15) is 0 Å². The SMILES string of the molecule is COCCNCc1cnn(CCOCC(C)C)c1C. The summed E-state index contributed by atoms with van der Waals surface area (Å²) in [6, 6.07) is 0. The van der Waals surface area contributed by atoms with E-state index in [4.69, 9.17) is 9.47 Å². The lowest BCUT2D eigenvalue weighted by Gasteiger charge is -2.09. The third-order valence-electron chi connectivity index (χ3n) is 2.90. The summed E-state index contributed by atoms with van der Waals surface area (Å²) in [5.41, 5.74) is 2.44. The summed E-state index contributed by atoms with van der Waals surface area (Å²) >= 11 is 0. The van der Waals surface area contributed by atoms with E-state index < -0.39 is 0 Å². The summed E-state index contributed by atoms with van der Waals surface area (Å²) < 4.78 is 12.6. The molecule has 110 valence electrons. The molecule has 0 fully saturated rings.